The molecule has 2 heterocycles. The number of rotatable bonds is 6. The molecule has 4 saturated carbocycles. The van der Waals surface area contributed by atoms with Crippen molar-refractivity contribution in [3.63, 3.8) is 0 Å². The van der Waals surface area contributed by atoms with Gasteiger partial charge >= 0.3 is 6.03 Å². The number of imide groups is 1. The molecule has 0 saturated heterocycles. The normalized spacial score (nSPS) is 29.2. The van der Waals surface area contributed by atoms with Crippen LogP contribution in [0.4, 0.5) is 4.79 Å². The van der Waals surface area contributed by atoms with Gasteiger partial charge in [0.2, 0.25) is 5.91 Å². The highest BCUT2D eigenvalue weighted by molar-refractivity contribution is 7.99. The maximum absolute atomic E-state index is 12.5. The third-order valence-electron chi connectivity index (χ3n) is 6.78. The maximum Gasteiger partial charge on any atom is 0.321 e. The molecule has 9 heteroatoms. The Balaban J connectivity index is 1.16. The first-order valence-electron chi connectivity index (χ1n) is 10.8. The molecule has 2 aromatic rings. The third-order valence-corrected chi connectivity index (χ3v) is 8.61. The first-order chi connectivity index (χ1) is 14.5. The van der Waals surface area contributed by atoms with E-state index >= 15 is 0 Å². The summed E-state index contributed by atoms with van der Waals surface area (Å²) >= 11 is 2.92. The zero-order chi connectivity index (χ0) is 20.7. The van der Waals surface area contributed by atoms with Crippen molar-refractivity contribution in [3.8, 4) is 10.7 Å². The molecule has 30 heavy (non-hydrogen) atoms. The molecule has 4 aliphatic carbocycles. The van der Waals surface area contributed by atoms with Gasteiger partial charge in [0.25, 0.3) is 0 Å². The van der Waals surface area contributed by atoms with Gasteiger partial charge in [0.1, 0.15) is 0 Å². The molecule has 4 fully saturated rings. The Bertz CT molecular complexity index is 904. The zero-order valence-electron chi connectivity index (χ0n) is 17.1. The number of hydrogen-bond donors (Lipinski definition) is 2. The minimum Gasteiger partial charge on any atom is -0.332 e. The van der Waals surface area contributed by atoms with Gasteiger partial charge in [-0.25, -0.2) is 4.79 Å². The highest BCUT2D eigenvalue weighted by atomic mass is 32.2. The number of amides is 3. The summed E-state index contributed by atoms with van der Waals surface area (Å²) in [4.78, 5) is 26.0. The molecule has 0 spiro atoms. The number of thiophene rings is 1. The maximum atomic E-state index is 12.5. The second kappa shape index (κ2) is 8.00. The molecule has 2 N–H and O–H groups in total. The Hall–Kier alpha value is -1.87. The van der Waals surface area contributed by atoms with Gasteiger partial charge < -0.3 is 9.88 Å². The molecule has 3 amide bonds. The largest absolute Gasteiger partial charge is 0.332 e. The minimum absolute atomic E-state index is 0.0930. The van der Waals surface area contributed by atoms with E-state index in [-0.39, 0.29) is 23.2 Å². The molecule has 160 valence electrons. The van der Waals surface area contributed by atoms with Gasteiger partial charge in [-0.1, -0.05) is 17.8 Å². The Morgan fingerprint density at radius 1 is 1.20 bits per heavy atom. The minimum atomic E-state index is -0.348. The molecule has 0 aromatic carbocycles. The molecule has 2 aromatic heterocycles. The summed E-state index contributed by atoms with van der Waals surface area (Å²) in [6, 6.07) is 3.65. The van der Waals surface area contributed by atoms with E-state index in [1.165, 1.54) is 31.0 Å². The highest BCUT2D eigenvalue weighted by Gasteiger charge is 2.51. The van der Waals surface area contributed by atoms with Gasteiger partial charge in [0.05, 0.1) is 10.6 Å². The molecule has 0 unspecified atom stereocenters. The summed E-state index contributed by atoms with van der Waals surface area (Å²) in [7, 11) is 0. The van der Waals surface area contributed by atoms with E-state index < -0.39 is 0 Å². The lowest BCUT2D eigenvalue weighted by Gasteiger charge is -2.56. The number of nitrogens with one attached hydrogen (secondary N) is 2. The van der Waals surface area contributed by atoms with Crippen LogP contribution in [-0.4, -0.2) is 38.0 Å². The highest BCUT2D eigenvalue weighted by Crippen LogP contribution is 2.55. The first kappa shape index (κ1) is 20.1. The topological polar surface area (TPSA) is 88.9 Å². The number of carbonyl (C=O) groups excluding carboxylic acids is 2. The fourth-order valence-corrected chi connectivity index (χ4v) is 7.62. The number of aromatic nitrogens is 3. The summed E-state index contributed by atoms with van der Waals surface area (Å²) in [5.74, 6) is 2.90. The van der Waals surface area contributed by atoms with Crippen LogP contribution in [0.3, 0.4) is 0 Å². The lowest BCUT2D eigenvalue weighted by Crippen LogP contribution is -2.61. The first-order valence-corrected chi connectivity index (χ1v) is 12.6. The van der Waals surface area contributed by atoms with Gasteiger partial charge in [-0.05, 0) is 74.6 Å². The van der Waals surface area contributed by atoms with E-state index in [2.05, 4.69) is 20.8 Å². The number of hydrogen-bond acceptors (Lipinski definition) is 6. The van der Waals surface area contributed by atoms with Crippen molar-refractivity contribution in [2.24, 2.45) is 17.8 Å². The second-order valence-electron chi connectivity index (χ2n) is 9.02. The number of carbonyl (C=O) groups is 2. The number of nitrogens with zero attached hydrogens (tertiary/aromatic N) is 3. The summed E-state index contributed by atoms with van der Waals surface area (Å²) in [5.41, 5.74) is -0.0930. The molecule has 4 bridgehead atoms. The van der Waals surface area contributed by atoms with E-state index in [1.54, 1.807) is 11.3 Å². The quantitative estimate of drug-likeness (QED) is 0.658. The average molecular weight is 446 g/mol. The van der Waals surface area contributed by atoms with Crippen molar-refractivity contribution in [2.45, 2.75) is 62.7 Å². The SMILES string of the molecule is CCn1c(SCC(=O)NC(=O)NC23CC4CC(CC(C4)C2)C3)nnc1-c1cccs1. The van der Waals surface area contributed by atoms with Crippen molar-refractivity contribution in [2.75, 3.05) is 5.75 Å². The van der Waals surface area contributed by atoms with Gasteiger partial charge in [0, 0.05) is 12.1 Å². The molecule has 6 rings (SSSR count). The predicted octanol–water partition coefficient (Wildman–Crippen LogP) is 3.91. The average Bonchev–Trinajstić information content (AvgIpc) is 3.33. The number of urea groups is 1. The summed E-state index contributed by atoms with van der Waals surface area (Å²) < 4.78 is 2.00. The Labute approximate surface area is 184 Å². The van der Waals surface area contributed by atoms with E-state index in [4.69, 9.17) is 0 Å². The van der Waals surface area contributed by atoms with Crippen LogP contribution in [0.15, 0.2) is 22.7 Å². The van der Waals surface area contributed by atoms with Crippen LogP contribution < -0.4 is 10.6 Å². The van der Waals surface area contributed by atoms with Gasteiger partial charge in [-0.15, -0.1) is 21.5 Å². The van der Waals surface area contributed by atoms with E-state index in [0.717, 1.165) is 54.3 Å². The number of thioether (sulfide) groups is 1. The molecule has 7 nitrogen and oxygen atoms in total. The lowest BCUT2D eigenvalue weighted by atomic mass is 9.53. The Morgan fingerprint density at radius 3 is 2.50 bits per heavy atom. The molecule has 0 radical (unpaired) electrons. The summed E-state index contributed by atoms with van der Waals surface area (Å²) in [6.45, 7) is 2.75. The predicted molar refractivity (Wildman–Crippen MR) is 117 cm³/mol. The molecular weight excluding hydrogens is 418 g/mol. The van der Waals surface area contributed by atoms with Gasteiger partial charge in [0.15, 0.2) is 11.0 Å². The van der Waals surface area contributed by atoms with Crippen LogP contribution >= 0.6 is 23.1 Å². The fraction of sp³-hybridized carbons (Fsp3) is 0.619. The van der Waals surface area contributed by atoms with Crippen LogP contribution in [0.25, 0.3) is 10.7 Å². The van der Waals surface area contributed by atoms with Crippen LogP contribution in [0.1, 0.15) is 45.4 Å². The van der Waals surface area contributed by atoms with Crippen LogP contribution in [0.5, 0.6) is 0 Å². The summed E-state index contributed by atoms with van der Waals surface area (Å²) in [6.07, 6.45) is 7.18. The van der Waals surface area contributed by atoms with Crippen molar-refractivity contribution in [3.05, 3.63) is 17.5 Å². The Morgan fingerprint density at radius 2 is 1.90 bits per heavy atom. The van der Waals surface area contributed by atoms with Gasteiger partial charge in [-0.2, -0.15) is 0 Å². The van der Waals surface area contributed by atoms with Crippen molar-refractivity contribution >= 4 is 35.0 Å². The van der Waals surface area contributed by atoms with Gasteiger partial charge in [-0.3, -0.25) is 10.1 Å². The van der Waals surface area contributed by atoms with Crippen LogP contribution in [0.2, 0.25) is 0 Å². The third kappa shape index (κ3) is 3.89. The molecule has 0 aliphatic heterocycles. The Kier molecular flexibility index (Phi) is 5.35. The van der Waals surface area contributed by atoms with E-state index in [1.807, 2.05) is 29.0 Å². The van der Waals surface area contributed by atoms with E-state index in [0.29, 0.717) is 5.16 Å². The van der Waals surface area contributed by atoms with E-state index in [9.17, 15) is 9.59 Å². The van der Waals surface area contributed by atoms with Crippen molar-refractivity contribution < 1.29 is 9.59 Å². The van der Waals surface area contributed by atoms with Crippen LogP contribution in [0, 0.1) is 17.8 Å². The second-order valence-corrected chi connectivity index (χ2v) is 10.9. The molecule has 0 atom stereocenters. The standard InChI is InChI=1S/C21H27N5O2S2/c1-2-26-18(16-4-3-5-29-16)24-25-20(26)30-12-17(27)22-19(28)23-21-9-13-6-14(10-21)8-15(7-13)11-21/h3-5,13-15H,2,6-12H2,1H3,(H2,22,23,27,28). The van der Waals surface area contributed by atoms with Crippen molar-refractivity contribution in [1.29, 1.82) is 0 Å². The monoisotopic (exact) mass is 445 g/mol. The van der Waals surface area contributed by atoms with Crippen LogP contribution in [-0.2, 0) is 11.3 Å². The smallest absolute Gasteiger partial charge is 0.321 e. The summed E-state index contributed by atoms with van der Waals surface area (Å²) in [5, 5.41) is 16.9. The van der Waals surface area contributed by atoms with Crippen molar-refractivity contribution in [1.82, 2.24) is 25.4 Å². The fourth-order valence-electron chi connectivity index (χ4n) is 6.10. The zero-order valence-corrected chi connectivity index (χ0v) is 18.7. The molecule has 4 aliphatic rings. The molecular formula is C21H27N5O2S2. The lowest BCUT2D eigenvalue weighted by molar-refractivity contribution is -0.117.